The van der Waals surface area contributed by atoms with Crippen LogP contribution in [0.4, 0.5) is 11.4 Å². The highest BCUT2D eigenvalue weighted by Gasteiger charge is 2.22. The summed E-state index contributed by atoms with van der Waals surface area (Å²) in [6.45, 7) is 11.4. The molecule has 0 saturated carbocycles. The maximum absolute atomic E-state index is 11.7. The SMILES string of the molecule is COC(=O)CCCN(C)Cc1ccc(N(CC(C)C)CC(C)C)c([N+](=O)[O-])c1. The molecule has 7 heteroatoms. The van der Waals surface area contributed by atoms with Crippen molar-refractivity contribution in [3.05, 3.63) is 33.9 Å². The third-order valence-corrected chi connectivity index (χ3v) is 4.35. The fourth-order valence-electron chi connectivity index (χ4n) is 3.22. The van der Waals surface area contributed by atoms with E-state index >= 15 is 0 Å². The topological polar surface area (TPSA) is 75.9 Å². The average molecular weight is 394 g/mol. The lowest BCUT2D eigenvalue weighted by atomic mass is 10.1. The van der Waals surface area contributed by atoms with E-state index in [9.17, 15) is 14.9 Å². The van der Waals surface area contributed by atoms with Crippen molar-refractivity contribution in [3.63, 3.8) is 0 Å². The third kappa shape index (κ3) is 8.25. The summed E-state index contributed by atoms with van der Waals surface area (Å²) >= 11 is 0. The van der Waals surface area contributed by atoms with E-state index < -0.39 is 0 Å². The van der Waals surface area contributed by atoms with Crippen LogP contribution in [-0.4, -0.2) is 49.6 Å². The Bertz CT molecular complexity index is 637. The van der Waals surface area contributed by atoms with Crippen LogP contribution in [0.15, 0.2) is 18.2 Å². The minimum absolute atomic E-state index is 0.154. The Morgan fingerprint density at radius 2 is 1.79 bits per heavy atom. The van der Waals surface area contributed by atoms with Gasteiger partial charge in [-0.1, -0.05) is 33.8 Å². The third-order valence-electron chi connectivity index (χ3n) is 4.35. The molecule has 1 aromatic rings. The second-order valence-electron chi connectivity index (χ2n) is 8.19. The number of methoxy groups -OCH3 is 1. The summed E-state index contributed by atoms with van der Waals surface area (Å²) in [7, 11) is 3.33. The van der Waals surface area contributed by atoms with Crippen LogP contribution in [0.2, 0.25) is 0 Å². The molecule has 0 N–H and O–H groups in total. The van der Waals surface area contributed by atoms with E-state index in [0.717, 1.165) is 25.2 Å². The van der Waals surface area contributed by atoms with Gasteiger partial charge in [0.15, 0.2) is 0 Å². The summed E-state index contributed by atoms with van der Waals surface area (Å²) in [6.07, 6.45) is 1.07. The number of rotatable bonds is 12. The first kappa shape index (κ1) is 23.9. The minimum atomic E-state index is -0.288. The van der Waals surface area contributed by atoms with Gasteiger partial charge in [-0.2, -0.15) is 0 Å². The Hall–Kier alpha value is -2.15. The predicted octanol–water partition coefficient (Wildman–Crippen LogP) is 4.10. The first-order valence-corrected chi connectivity index (χ1v) is 9.91. The Kier molecular flexibility index (Phi) is 9.93. The van der Waals surface area contributed by atoms with Crippen LogP contribution >= 0.6 is 0 Å². The van der Waals surface area contributed by atoms with Gasteiger partial charge in [0.25, 0.3) is 5.69 Å². The van der Waals surface area contributed by atoms with Crippen molar-refractivity contribution in [1.29, 1.82) is 0 Å². The molecule has 0 atom stereocenters. The van der Waals surface area contributed by atoms with Crippen molar-refractivity contribution >= 4 is 17.3 Å². The standard InChI is InChI=1S/C21H35N3O4/c1-16(2)13-23(14-17(3)4)19-10-9-18(12-20(19)24(26)27)15-22(5)11-7-8-21(25)28-6/h9-10,12,16-17H,7-8,11,13-15H2,1-6H3. The van der Waals surface area contributed by atoms with Crippen LogP contribution in [0.3, 0.4) is 0 Å². The molecule has 0 aromatic heterocycles. The van der Waals surface area contributed by atoms with Gasteiger partial charge in [-0.25, -0.2) is 0 Å². The number of esters is 1. The summed E-state index contributed by atoms with van der Waals surface area (Å²) in [5, 5.41) is 11.7. The fourth-order valence-corrected chi connectivity index (χ4v) is 3.22. The van der Waals surface area contributed by atoms with Crippen molar-refractivity contribution in [2.75, 3.05) is 38.7 Å². The maximum Gasteiger partial charge on any atom is 0.305 e. The summed E-state index contributed by atoms with van der Waals surface area (Å²) in [5.74, 6) is 0.613. The number of nitro groups is 1. The second kappa shape index (κ2) is 11.6. The van der Waals surface area contributed by atoms with Gasteiger partial charge in [-0.15, -0.1) is 0 Å². The van der Waals surface area contributed by atoms with Crippen molar-refractivity contribution in [2.24, 2.45) is 11.8 Å². The number of anilines is 1. The monoisotopic (exact) mass is 393 g/mol. The molecule has 0 heterocycles. The van der Waals surface area contributed by atoms with Gasteiger partial charge in [0.05, 0.1) is 12.0 Å². The lowest BCUT2D eigenvalue weighted by molar-refractivity contribution is -0.384. The first-order valence-electron chi connectivity index (χ1n) is 9.91. The van der Waals surface area contributed by atoms with E-state index in [1.54, 1.807) is 6.07 Å². The fraction of sp³-hybridized carbons (Fsp3) is 0.667. The smallest absolute Gasteiger partial charge is 0.305 e. The molecule has 0 aliphatic heterocycles. The molecule has 0 fully saturated rings. The zero-order valence-corrected chi connectivity index (χ0v) is 18.1. The Morgan fingerprint density at radius 3 is 2.29 bits per heavy atom. The molecule has 0 saturated heterocycles. The van der Waals surface area contributed by atoms with Crippen LogP contribution in [-0.2, 0) is 16.1 Å². The molecule has 0 bridgehead atoms. The van der Waals surface area contributed by atoms with Crippen molar-refractivity contribution in [2.45, 2.75) is 47.1 Å². The molecule has 0 aliphatic carbocycles. The largest absolute Gasteiger partial charge is 0.469 e. The zero-order chi connectivity index (χ0) is 21.3. The molecule has 0 radical (unpaired) electrons. The van der Waals surface area contributed by atoms with Crippen LogP contribution in [0, 0.1) is 22.0 Å². The maximum atomic E-state index is 11.7. The number of carbonyl (C=O) groups is 1. The van der Waals surface area contributed by atoms with Crippen molar-refractivity contribution in [3.8, 4) is 0 Å². The first-order chi connectivity index (χ1) is 13.1. The summed E-state index contributed by atoms with van der Waals surface area (Å²) in [4.78, 5) is 26.8. The van der Waals surface area contributed by atoms with Gasteiger partial charge in [0.1, 0.15) is 5.69 Å². The van der Waals surface area contributed by atoms with Gasteiger partial charge in [0.2, 0.25) is 0 Å². The number of nitrogens with zero attached hydrogens (tertiary/aromatic N) is 3. The van der Waals surface area contributed by atoms with E-state index in [1.807, 2.05) is 19.2 Å². The van der Waals surface area contributed by atoms with E-state index in [-0.39, 0.29) is 16.6 Å². The molecule has 0 aliphatic rings. The molecule has 1 aromatic carbocycles. The molecule has 0 spiro atoms. The predicted molar refractivity (Wildman–Crippen MR) is 113 cm³/mol. The number of carbonyl (C=O) groups excluding carboxylic acids is 1. The summed E-state index contributed by atoms with van der Waals surface area (Å²) in [5.41, 5.74) is 1.73. The lowest BCUT2D eigenvalue weighted by Gasteiger charge is -2.28. The molecule has 1 rings (SSSR count). The zero-order valence-electron chi connectivity index (χ0n) is 18.1. The highest BCUT2D eigenvalue weighted by molar-refractivity contribution is 5.69. The summed E-state index contributed by atoms with van der Waals surface area (Å²) < 4.78 is 4.65. The molecule has 28 heavy (non-hydrogen) atoms. The molecule has 158 valence electrons. The van der Waals surface area contributed by atoms with Gasteiger partial charge < -0.3 is 14.5 Å². The Balaban J connectivity index is 2.93. The number of ether oxygens (including phenoxy) is 1. The second-order valence-corrected chi connectivity index (χ2v) is 8.19. The van der Waals surface area contributed by atoms with Crippen molar-refractivity contribution in [1.82, 2.24) is 4.90 Å². The van der Waals surface area contributed by atoms with Gasteiger partial charge in [0, 0.05) is 32.1 Å². The molecule has 0 amide bonds. The minimum Gasteiger partial charge on any atom is -0.469 e. The van der Waals surface area contributed by atoms with E-state index in [1.165, 1.54) is 7.11 Å². The van der Waals surface area contributed by atoms with E-state index in [0.29, 0.717) is 36.9 Å². The van der Waals surface area contributed by atoms with Gasteiger partial charge >= 0.3 is 5.97 Å². The van der Waals surface area contributed by atoms with Gasteiger partial charge in [-0.3, -0.25) is 14.9 Å². The molecule has 0 unspecified atom stereocenters. The van der Waals surface area contributed by atoms with Gasteiger partial charge in [-0.05, 0) is 43.5 Å². The Morgan fingerprint density at radius 1 is 1.18 bits per heavy atom. The number of hydrogen-bond donors (Lipinski definition) is 0. The normalized spacial score (nSPS) is 11.3. The highest BCUT2D eigenvalue weighted by atomic mass is 16.6. The average Bonchev–Trinajstić information content (AvgIpc) is 2.60. The van der Waals surface area contributed by atoms with Crippen LogP contribution in [0.25, 0.3) is 0 Å². The number of benzene rings is 1. The quantitative estimate of drug-likeness (QED) is 0.302. The lowest BCUT2D eigenvalue weighted by Crippen LogP contribution is -2.32. The van der Waals surface area contributed by atoms with Crippen LogP contribution in [0.1, 0.15) is 46.1 Å². The van der Waals surface area contributed by atoms with E-state index in [4.69, 9.17) is 0 Å². The highest BCUT2D eigenvalue weighted by Crippen LogP contribution is 2.31. The molecule has 7 nitrogen and oxygen atoms in total. The number of nitro benzene ring substituents is 1. The Labute approximate surface area is 168 Å². The summed E-state index contributed by atoms with van der Waals surface area (Å²) in [6, 6.07) is 5.52. The number of hydrogen-bond acceptors (Lipinski definition) is 6. The van der Waals surface area contributed by atoms with E-state index in [2.05, 4.69) is 42.2 Å². The van der Waals surface area contributed by atoms with Crippen molar-refractivity contribution < 1.29 is 14.5 Å². The van der Waals surface area contributed by atoms with Crippen LogP contribution < -0.4 is 4.90 Å². The molecular formula is C21H35N3O4. The molecular weight excluding hydrogens is 358 g/mol. The van der Waals surface area contributed by atoms with Crippen LogP contribution in [0.5, 0.6) is 0 Å².